The molecule has 1 saturated heterocycles. The summed E-state index contributed by atoms with van der Waals surface area (Å²) in [7, 11) is -3.81. The smallest absolute Gasteiger partial charge is 0.207 e. The summed E-state index contributed by atoms with van der Waals surface area (Å²) in [5.74, 6) is -0.257. The number of benzene rings is 1. The first-order valence-electron chi connectivity index (χ1n) is 7.19. The van der Waals surface area contributed by atoms with Crippen LogP contribution in [0.5, 0.6) is 0 Å². The largest absolute Gasteiger partial charge is 0.244 e. The maximum atomic E-state index is 13.6. The number of sulfonamides is 1. The maximum absolute atomic E-state index is 13.6. The number of hydrogen-bond donors (Lipinski definition) is 0. The van der Waals surface area contributed by atoms with Crippen molar-refractivity contribution in [3.63, 3.8) is 0 Å². The van der Waals surface area contributed by atoms with Crippen LogP contribution in [0.25, 0.3) is 0 Å². The average Bonchev–Trinajstić information content (AvgIpc) is 2.72. The fraction of sp³-hybridized carbons (Fsp3) is 0.533. The molecule has 1 aliphatic rings. The van der Waals surface area contributed by atoms with Crippen LogP contribution in [-0.2, 0) is 10.0 Å². The Hall–Kier alpha value is -1.45. The normalized spacial score (nSPS) is 20.7. The molecule has 0 aromatic heterocycles. The zero-order valence-electron chi connectivity index (χ0n) is 12.0. The highest BCUT2D eigenvalue weighted by Gasteiger charge is 2.30. The molecule has 6 heteroatoms. The minimum absolute atomic E-state index is 0.222. The van der Waals surface area contributed by atoms with E-state index in [9.17, 15) is 12.8 Å². The molecule has 0 saturated carbocycles. The highest BCUT2D eigenvalue weighted by molar-refractivity contribution is 7.89. The third kappa shape index (κ3) is 3.25. The Kier molecular flexibility index (Phi) is 4.96. The molecule has 4 nitrogen and oxygen atoms in total. The predicted molar refractivity (Wildman–Crippen MR) is 77.5 cm³/mol. The van der Waals surface area contributed by atoms with Crippen LogP contribution in [0.4, 0.5) is 4.39 Å². The Morgan fingerprint density at radius 1 is 1.38 bits per heavy atom. The summed E-state index contributed by atoms with van der Waals surface area (Å²) in [6.45, 7) is 2.97. The first-order chi connectivity index (χ1) is 10.0. The van der Waals surface area contributed by atoms with Crippen LogP contribution in [0.1, 0.15) is 38.2 Å². The van der Waals surface area contributed by atoms with E-state index in [2.05, 4.69) is 6.92 Å². The summed E-state index contributed by atoms with van der Waals surface area (Å²) in [4.78, 5) is -0.222. The minimum Gasteiger partial charge on any atom is -0.207 e. The van der Waals surface area contributed by atoms with E-state index in [1.807, 2.05) is 0 Å². The van der Waals surface area contributed by atoms with Gasteiger partial charge >= 0.3 is 0 Å². The number of halogens is 1. The lowest BCUT2D eigenvalue weighted by atomic mass is 9.98. The molecule has 0 aliphatic carbocycles. The van der Waals surface area contributed by atoms with Crippen LogP contribution in [0.2, 0.25) is 0 Å². The topological polar surface area (TPSA) is 61.2 Å². The zero-order chi connectivity index (χ0) is 15.5. The zero-order valence-corrected chi connectivity index (χ0v) is 12.9. The molecule has 0 bridgehead atoms. The van der Waals surface area contributed by atoms with Gasteiger partial charge in [-0.1, -0.05) is 19.4 Å². The number of rotatable bonds is 3. The highest BCUT2D eigenvalue weighted by atomic mass is 32.2. The van der Waals surface area contributed by atoms with Gasteiger partial charge in [-0.15, -0.1) is 0 Å². The molecule has 2 rings (SSSR count). The SMILES string of the molecule is CCC1CCCN(S(=O)(=O)c2cccc(F)c2C#N)CC1. The summed E-state index contributed by atoms with van der Waals surface area (Å²) in [6.07, 6.45) is 3.66. The molecule has 1 aliphatic heterocycles. The molecule has 0 amide bonds. The lowest BCUT2D eigenvalue weighted by Gasteiger charge is -2.21. The van der Waals surface area contributed by atoms with Crippen LogP contribution in [0.3, 0.4) is 0 Å². The van der Waals surface area contributed by atoms with Gasteiger partial charge < -0.3 is 0 Å². The highest BCUT2D eigenvalue weighted by Crippen LogP contribution is 2.27. The van der Waals surface area contributed by atoms with Gasteiger partial charge in [0.25, 0.3) is 0 Å². The molecular weight excluding hydrogens is 291 g/mol. The van der Waals surface area contributed by atoms with Gasteiger partial charge in [0, 0.05) is 13.1 Å². The second-order valence-electron chi connectivity index (χ2n) is 5.33. The van der Waals surface area contributed by atoms with E-state index in [0.717, 1.165) is 31.7 Å². The van der Waals surface area contributed by atoms with Crippen LogP contribution < -0.4 is 0 Å². The number of nitrogens with zero attached hydrogens (tertiary/aromatic N) is 2. The van der Waals surface area contributed by atoms with Gasteiger partial charge in [-0.25, -0.2) is 12.8 Å². The Bertz CT molecular complexity index is 652. The van der Waals surface area contributed by atoms with Crippen LogP contribution in [0, 0.1) is 23.1 Å². The van der Waals surface area contributed by atoms with Gasteiger partial charge in [0.2, 0.25) is 10.0 Å². The second-order valence-corrected chi connectivity index (χ2v) is 7.24. The lowest BCUT2D eigenvalue weighted by molar-refractivity contribution is 0.407. The summed E-state index contributed by atoms with van der Waals surface area (Å²) in [6, 6.07) is 5.40. The van der Waals surface area contributed by atoms with Crippen molar-refractivity contribution in [2.45, 2.75) is 37.5 Å². The van der Waals surface area contributed by atoms with Crippen molar-refractivity contribution < 1.29 is 12.8 Å². The fourth-order valence-corrected chi connectivity index (χ4v) is 4.40. The fourth-order valence-electron chi connectivity index (χ4n) is 2.75. The third-order valence-corrected chi connectivity index (χ3v) is 6.03. The second kappa shape index (κ2) is 6.54. The van der Waals surface area contributed by atoms with Crippen LogP contribution in [-0.4, -0.2) is 25.8 Å². The van der Waals surface area contributed by atoms with Gasteiger partial charge in [-0.05, 0) is 37.3 Å². The standard InChI is InChI=1S/C15H19FN2O2S/c1-2-12-5-4-9-18(10-8-12)21(19,20)15-7-3-6-14(16)13(15)11-17/h3,6-7,12H,2,4-5,8-10H2,1H3. The Morgan fingerprint density at radius 3 is 2.81 bits per heavy atom. The monoisotopic (exact) mass is 310 g/mol. The van der Waals surface area contributed by atoms with Crippen molar-refractivity contribution in [1.82, 2.24) is 4.31 Å². The van der Waals surface area contributed by atoms with Crippen molar-refractivity contribution in [2.75, 3.05) is 13.1 Å². The predicted octanol–water partition coefficient (Wildman–Crippen LogP) is 2.90. The molecular formula is C15H19FN2O2S. The lowest BCUT2D eigenvalue weighted by Crippen LogP contribution is -2.32. The Labute approximate surface area is 125 Å². The van der Waals surface area contributed by atoms with Crippen molar-refractivity contribution in [3.8, 4) is 6.07 Å². The van der Waals surface area contributed by atoms with E-state index < -0.39 is 21.4 Å². The van der Waals surface area contributed by atoms with Crippen molar-refractivity contribution in [3.05, 3.63) is 29.6 Å². The third-order valence-electron chi connectivity index (χ3n) is 4.09. The molecule has 0 N–H and O–H groups in total. The summed E-state index contributed by atoms with van der Waals surface area (Å²) < 4.78 is 40.4. The number of hydrogen-bond acceptors (Lipinski definition) is 3. The molecule has 1 aromatic rings. The average molecular weight is 310 g/mol. The minimum atomic E-state index is -3.81. The summed E-state index contributed by atoms with van der Waals surface area (Å²) >= 11 is 0. The van der Waals surface area contributed by atoms with E-state index in [1.165, 1.54) is 16.4 Å². The molecule has 0 spiro atoms. The Balaban J connectivity index is 2.35. The first kappa shape index (κ1) is 15.9. The molecule has 1 unspecified atom stereocenters. The Morgan fingerprint density at radius 2 is 2.14 bits per heavy atom. The van der Waals surface area contributed by atoms with E-state index in [-0.39, 0.29) is 4.90 Å². The summed E-state index contributed by atoms with van der Waals surface area (Å²) in [5.41, 5.74) is -0.395. The van der Waals surface area contributed by atoms with Crippen molar-refractivity contribution in [2.24, 2.45) is 5.92 Å². The van der Waals surface area contributed by atoms with E-state index in [1.54, 1.807) is 6.07 Å². The molecule has 1 fully saturated rings. The van der Waals surface area contributed by atoms with Gasteiger partial charge in [-0.2, -0.15) is 9.57 Å². The quantitative estimate of drug-likeness (QED) is 0.862. The summed E-state index contributed by atoms with van der Waals surface area (Å²) in [5, 5.41) is 9.02. The van der Waals surface area contributed by atoms with E-state index in [0.29, 0.717) is 19.0 Å². The molecule has 21 heavy (non-hydrogen) atoms. The van der Waals surface area contributed by atoms with Gasteiger partial charge in [0.05, 0.1) is 0 Å². The van der Waals surface area contributed by atoms with Crippen molar-refractivity contribution >= 4 is 10.0 Å². The molecule has 1 heterocycles. The van der Waals surface area contributed by atoms with E-state index >= 15 is 0 Å². The maximum Gasteiger partial charge on any atom is 0.244 e. The number of nitriles is 1. The van der Waals surface area contributed by atoms with Gasteiger partial charge in [-0.3, -0.25) is 0 Å². The van der Waals surface area contributed by atoms with Crippen LogP contribution in [0.15, 0.2) is 23.1 Å². The molecule has 1 atom stereocenters. The van der Waals surface area contributed by atoms with Gasteiger partial charge in [0.15, 0.2) is 0 Å². The first-order valence-corrected chi connectivity index (χ1v) is 8.63. The molecule has 114 valence electrons. The van der Waals surface area contributed by atoms with Gasteiger partial charge in [0.1, 0.15) is 22.3 Å². The van der Waals surface area contributed by atoms with Crippen LogP contribution >= 0.6 is 0 Å². The molecule has 0 radical (unpaired) electrons. The molecule has 1 aromatic carbocycles. The van der Waals surface area contributed by atoms with Crippen molar-refractivity contribution in [1.29, 1.82) is 5.26 Å². The van der Waals surface area contributed by atoms with E-state index in [4.69, 9.17) is 5.26 Å².